The molecule has 2 rings (SSSR count). The number of urea groups is 1. The summed E-state index contributed by atoms with van der Waals surface area (Å²) in [6.07, 6.45) is 0. The number of hydrogen-bond donors (Lipinski definition) is 0. The maximum Gasteiger partial charge on any atom is 0.320 e. The lowest BCUT2D eigenvalue weighted by atomic mass is 10.2. The highest BCUT2D eigenvalue weighted by molar-refractivity contribution is 5.74. The van der Waals surface area contributed by atoms with E-state index >= 15 is 0 Å². The molecule has 0 aliphatic carbocycles. The summed E-state index contributed by atoms with van der Waals surface area (Å²) in [4.78, 5) is 22.7. The van der Waals surface area contributed by atoms with Crippen molar-refractivity contribution in [2.75, 3.05) is 39.3 Å². The van der Waals surface area contributed by atoms with Crippen molar-refractivity contribution in [3.63, 3.8) is 0 Å². The van der Waals surface area contributed by atoms with Crippen LogP contribution >= 0.6 is 0 Å². The van der Waals surface area contributed by atoms with E-state index in [9.17, 15) is 4.79 Å². The van der Waals surface area contributed by atoms with E-state index in [-0.39, 0.29) is 12.1 Å². The third-order valence-corrected chi connectivity index (χ3v) is 4.07. The Morgan fingerprint density at radius 2 is 1.90 bits per heavy atom. The fraction of sp³-hybridized carbons (Fsp3) is 0.786. The zero-order valence-electron chi connectivity index (χ0n) is 13.4. The summed E-state index contributed by atoms with van der Waals surface area (Å²) >= 11 is 0. The van der Waals surface area contributed by atoms with Crippen LogP contribution in [0.3, 0.4) is 0 Å². The predicted octanol–water partition coefficient (Wildman–Crippen LogP) is 1.52. The number of carbonyl (C=O) groups is 1. The molecule has 0 bridgehead atoms. The van der Waals surface area contributed by atoms with E-state index in [4.69, 9.17) is 4.52 Å². The lowest BCUT2D eigenvalue weighted by molar-refractivity contribution is 0.0866. The van der Waals surface area contributed by atoms with E-state index in [1.54, 1.807) is 0 Å². The summed E-state index contributed by atoms with van der Waals surface area (Å²) in [5.41, 5.74) is 0. The first-order valence-electron chi connectivity index (χ1n) is 7.64. The first-order valence-corrected chi connectivity index (χ1v) is 7.64. The Kier molecular flexibility index (Phi) is 5.17. The normalized spacial score (nSPS) is 17.8. The van der Waals surface area contributed by atoms with E-state index in [2.05, 4.69) is 22.0 Å². The van der Waals surface area contributed by atoms with Gasteiger partial charge in [0.2, 0.25) is 5.89 Å². The zero-order valence-corrected chi connectivity index (χ0v) is 13.4. The molecule has 1 aromatic heterocycles. The second-order valence-corrected chi connectivity index (χ2v) is 5.33. The summed E-state index contributed by atoms with van der Waals surface area (Å²) in [6, 6.07) is 0.234. The largest absolute Gasteiger partial charge is 0.338 e. The van der Waals surface area contributed by atoms with Crippen LogP contribution in [-0.2, 0) is 0 Å². The highest BCUT2D eigenvalue weighted by Gasteiger charge is 2.28. The van der Waals surface area contributed by atoms with Crippen LogP contribution in [0.25, 0.3) is 0 Å². The van der Waals surface area contributed by atoms with E-state index < -0.39 is 0 Å². The predicted molar refractivity (Wildman–Crippen MR) is 78.9 cm³/mol. The van der Waals surface area contributed by atoms with Gasteiger partial charge in [-0.1, -0.05) is 5.16 Å². The van der Waals surface area contributed by atoms with Crippen LogP contribution < -0.4 is 0 Å². The Morgan fingerprint density at radius 1 is 1.29 bits per heavy atom. The molecule has 0 unspecified atom stereocenters. The second-order valence-electron chi connectivity index (χ2n) is 5.33. The van der Waals surface area contributed by atoms with Gasteiger partial charge in [0.05, 0.1) is 6.04 Å². The summed E-state index contributed by atoms with van der Waals surface area (Å²) in [7, 11) is 0. The molecule has 7 nitrogen and oxygen atoms in total. The van der Waals surface area contributed by atoms with E-state index in [1.807, 2.05) is 30.6 Å². The molecule has 21 heavy (non-hydrogen) atoms. The molecule has 1 saturated heterocycles. The maximum absolute atomic E-state index is 12.3. The van der Waals surface area contributed by atoms with E-state index in [1.165, 1.54) is 0 Å². The molecular weight excluding hydrogens is 270 g/mol. The maximum atomic E-state index is 12.3. The van der Waals surface area contributed by atoms with Gasteiger partial charge in [0.25, 0.3) is 0 Å². The molecule has 2 heterocycles. The average Bonchev–Trinajstić information content (AvgIpc) is 2.94. The molecule has 1 aliphatic heterocycles. The number of rotatable bonds is 4. The Morgan fingerprint density at radius 3 is 2.38 bits per heavy atom. The topological polar surface area (TPSA) is 65.7 Å². The number of amides is 2. The molecule has 2 amide bonds. The van der Waals surface area contributed by atoms with Gasteiger partial charge in [-0.15, -0.1) is 0 Å². The van der Waals surface area contributed by atoms with Gasteiger partial charge in [0.1, 0.15) is 0 Å². The Hall–Kier alpha value is -1.63. The molecule has 1 aromatic rings. The zero-order chi connectivity index (χ0) is 15.4. The number of nitrogens with zero attached hydrogens (tertiary/aromatic N) is 5. The van der Waals surface area contributed by atoms with Crippen molar-refractivity contribution in [2.24, 2.45) is 0 Å². The van der Waals surface area contributed by atoms with Crippen LogP contribution in [0, 0.1) is 6.92 Å². The highest BCUT2D eigenvalue weighted by atomic mass is 16.5. The van der Waals surface area contributed by atoms with Gasteiger partial charge in [0.15, 0.2) is 5.82 Å². The van der Waals surface area contributed by atoms with Gasteiger partial charge in [0, 0.05) is 39.3 Å². The number of aromatic nitrogens is 2. The van der Waals surface area contributed by atoms with Gasteiger partial charge >= 0.3 is 6.03 Å². The molecule has 0 N–H and O–H groups in total. The molecule has 7 heteroatoms. The van der Waals surface area contributed by atoms with Crippen molar-refractivity contribution in [1.29, 1.82) is 0 Å². The minimum absolute atomic E-state index is 0.0944. The van der Waals surface area contributed by atoms with Crippen molar-refractivity contribution in [2.45, 2.75) is 33.7 Å². The van der Waals surface area contributed by atoms with Crippen molar-refractivity contribution in [1.82, 2.24) is 24.8 Å². The molecule has 0 saturated carbocycles. The summed E-state index contributed by atoms with van der Waals surface area (Å²) in [6.45, 7) is 12.6. The number of aryl methyl sites for hydroxylation is 1. The third-order valence-electron chi connectivity index (χ3n) is 4.07. The number of hydrogen-bond acceptors (Lipinski definition) is 5. The van der Waals surface area contributed by atoms with Crippen LogP contribution in [0.2, 0.25) is 0 Å². The Balaban J connectivity index is 1.89. The molecule has 0 aromatic carbocycles. The van der Waals surface area contributed by atoms with Crippen molar-refractivity contribution in [3.05, 3.63) is 11.7 Å². The minimum atomic E-state index is 0.0944. The van der Waals surface area contributed by atoms with Crippen LogP contribution in [0.15, 0.2) is 4.52 Å². The lowest BCUT2D eigenvalue weighted by Gasteiger charge is -2.38. The minimum Gasteiger partial charge on any atom is -0.338 e. The lowest BCUT2D eigenvalue weighted by Crippen LogP contribution is -2.53. The van der Waals surface area contributed by atoms with E-state index in [0.29, 0.717) is 11.7 Å². The van der Waals surface area contributed by atoms with Crippen molar-refractivity contribution >= 4 is 6.03 Å². The molecule has 118 valence electrons. The van der Waals surface area contributed by atoms with Crippen LogP contribution in [-0.4, -0.2) is 70.1 Å². The van der Waals surface area contributed by atoms with Crippen molar-refractivity contribution in [3.8, 4) is 0 Å². The van der Waals surface area contributed by atoms with Gasteiger partial charge in [-0.3, -0.25) is 4.90 Å². The highest BCUT2D eigenvalue weighted by Crippen LogP contribution is 2.20. The molecular formula is C14H25N5O2. The quantitative estimate of drug-likeness (QED) is 0.842. The fourth-order valence-electron chi connectivity index (χ4n) is 2.63. The smallest absolute Gasteiger partial charge is 0.320 e. The van der Waals surface area contributed by atoms with Crippen LogP contribution in [0.5, 0.6) is 0 Å². The molecule has 0 radical (unpaired) electrons. The molecule has 1 aliphatic rings. The molecule has 1 atom stereocenters. The van der Waals surface area contributed by atoms with Gasteiger partial charge < -0.3 is 14.3 Å². The second kappa shape index (κ2) is 6.89. The van der Waals surface area contributed by atoms with Gasteiger partial charge in [-0.2, -0.15) is 4.98 Å². The van der Waals surface area contributed by atoms with Crippen LogP contribution in [0.4, 0.5) is 4.79 Å². The average molecular weight is 295 g/mol. The molecule has 1 fully saturated rings. The Labute approximate surface area is 125 Å². The molecule has 0 spiro atoms. The Bertz CT molecular complexity index is 464. The third kappa shape index (κ3) is 3.53. The standard InChI is InChI=1S/C14H25N5O2/c1-5-17(6-2)14(20)19-9-7-18(8-10-19)11(3)13-15-12(4)16-21-13/h11H,5-10H2,1-4H3/t11-/m0/s1. The number of piperazine rings is 1. The fourth-order valence-corrected chi connectivity index (χ4v) is 2.63. The summed E-state index contributed by atoms with van der Waals surface area (Å²) < 4.78 is 5.24. The first kappa shape index (κ1) is 15.8. The van der Waals surface area contributed by atoms with Crippen molar-refractivity contribution < 1.29 is 9.32 Å². The SMILES string of the molecule is CCN(CC)C(=O)N1CCN([C@@H](C)c2nc(C)no2)CC1. The number of carbonyl (C=O) groups excluding carboxylic acids is 1. The first-order chi connectivity index (χ1) is 10.1. The monoisotopic (exact) mass is 295 g/mol. The summed E-state index contributed by atoms with van der Waals surface area (Å²) in [5, 5.41) is 3.84. The van der Waals surface area contributed by atoms with Gasteiger partial charge in [-0.05, 0) is 27.7 Å². The van der Waals surface area contributed by atoms with Crippen LogP contribution in [0.1, 0.15) is 38.5 Å². The van der Waals surface area contributed by atoms with Gasteiger partial charge in [-0.25, -0.2) is 4.79 Å². The summed E-state index contributed by atoms with van der Waals surface area (Å²) in [5.74, 6) is 1.31. The van der Waals surface area contributed by atoms with E-state index in [0.717, 1.165) is 39.3 Å².